The first kappa shape index (κ1) is 12.9. The van der Waals surface area contributed by atoms with Gasteiger partial charge in [0.1, 0.15) is 0 Å². The van der Waals surface area contributed by atoms with E-state index >= 15 is 0 Å². The molecule has 17 heavy (non-hydrogen) atoms. The second kappa shape index (κ2) is 4.29. The Kier molecular flexibility index (Phi) is 3.26. The Balaban J connectivity index is 2.31. The van der Waals surface area contributed by atoms with Crippen LogP contribution < -0.4 is 0 Å². The Morgan fingerprint density at radius 1 is 1.18 bits per heavy atom. The lowest BCUT2D eigenvalue weighted by molar-refractivity contribution is -0.0635. The van der Waals surface area contributed by atoms with Crippen molar-refractivity contribution in [1.29, 1.82) is 0 Å². The fourth-order valence-corrected chi connectivity index (χ4v) is 3.63. The molecule has 0 saturated heterocycles. The van der Waals surface area contributed by atoms with Gasteiger partial charge in [-0.25, -0.2) is 0 Å². The molecule has 2 atom stereocenters. The highest BCUT2D eigenvalue weighted by molar-refractivity contribution is 6.30. The van der Waals surface area contributed by atoms with Gasteiger partial charge in [-0.1, -0.05) is 44.5 Å². The average molecular weight is 253 g/mol. The number of hydrogen-bond donors (Lipinski definition) is 1. The van der Waals surface area contributed by atoms with Gasteiger partial charge in [-0.05, 0) is 48.3 Å². The molecule has 0 amide bonds. The summed E-state index contributed by atoms with van der Waals surface area (Å²) in [5.74, 6) is 0.555. The fraction of sp³-hybridized carbons (Fsp3) is 0.600. The third-order valence-corrected chi connectivity index (χ3v) is 3.99. The summed E-state index contributed by atoms with van der Waals surface area (Å²) in [7, 11) is 0. The van der Waals surface area contributed by atoms with Crippen LogP contribution in [0.25, 0.3) is 0 Å². The van der Waals surface area contributed by atoms with Crippen LogP contribution in [0.2, 0.25) is 5.02 Å². The van der Waals surface area contributed by atoms with E-state index in [2.05, 4.69) is 20.8 Å². The maximum atomic E-state index is 10.9. The van der Waals surface area contributed by atoms with Gasteiger partial charge in [0.05, 0.1) is 5.60 Å². The monoisotopic (exact) mass is 252 g/mol. The predicted octanol–water partition coefficient (Wildman–Crippen LogP) is 4.37. The smallest absolute Gasteiger partial charge is 0.0904 e. The summed E-state index contributed by atoms with van der Waals surface area (Å²) >= 11 is 5.90. The maximum Gasteiger partial charge on any atom is 0.0904 e. The molecule has 0 aromatic heterocycles. The molecule has 1 aromatic rings. The first-order chi connectivity index (χ1) is 7.81. The molecule has 0 heterocycles. The van der Waals surface area contributed by atoms with Gasteiger partial charge in [-0.15, -0.1) is 0 Å². The van der Waals surface area contributed by atoms with Gasteiger partial charge in [0.2, 0.25) is 0 Å². The van der Waals surface area contributed by atoms with E-state index < -0.39 is 5.60 Å². The Labute approximate surface area is 109 Å². The van der Waals surface area contributed by atoms with Crippen LogP contribution in [0.4, 0.5) is 0 Å². The second-order valence-corrected chi connectivity index (χ2v) is 6.83. The van der Waals surface area contributed by atoms with E-state index in [-0.39, 0.29) is 5.41 Å². The Morgan fingerprint density at radius 3 is 2.29 bits per heavy atom. The average Bonchev–Trinajstić information content (AvgIpc) is 2.14. The van der Waals surface area contributed by atoms with Crippen LogP contribution >= 0.6 is 11.6 Å². The van der Waals surface area contributed by atoms with Crippen molar-refractivity contribution in [3.63, 3.8) is 0 Å². The standard InChI is InChI=1S/C15H21ClO/c1-11-8-14(2,3)10-15(17,9-11)12-4-6-13(16)7-5-12/h4-7,11,17H,8-10H2,1-3H3. The Bertz CT molecular complexity index is 396. The predicted molar refractivity (Wildman–Crippen MR) is 72.1 cm³/mol. The van der Waals surface area contributed by atoms with Gasteiger partial charge in [0, 0.05) is 5.02 Å². The highest BCUT2D eigenvalue weighted by atomic mass is 35.5. The van der Waals surface area contributed by atoms with Gasteiger partial charge in [-0.3, -0.25) is 0 Å². The molecule has 94 valence electrons. The Morgan fingerprint density at radius 2 is 1.76 bits per heavy atom. The van der Waals surface area contributed by atoms with Crippen LogP contribution in [0.1, 0.15) is 45.6 Å². The van der Waals surface area contributed by atoms with E-state index in [1.54, 1.807) is 0 Å². The zero-order valence-corrected chi connectivity index (χ0v) is 11.6. The molecule has 1 saturated carbocycles. The molecule has 2 rings (SSSR count). The second-order valence-electron chi connectivity index (χ2n) is 6.39. The van der Waals surface area contributed by atoms with Crippen LogP contribution in [0.3, 0.4) is 0 Å². The molecule has 1 aromatic carbocycles. The molecule has 2 heteroatoms. The zero-order chi connectivity index (χ0) is 12.7. The van der Waals surface area contributed by atoms with Crippen LogP contribution in [0, 0.1) is 11.3 Å². The number of benzene rings is 1. The molecule has 1 fully saturated rings. The first-order valence-electron chi connectivity index (χ1n) is 6.29. The Hall–Kier alpha value is -0.530. The molecular weight excluding hydrogens is 232 g/mol. The van der Waals surface area contributed by atoms with Crippen molar-refractivity contribution < 1.29 is 5.11 Å². The molecule has 0 bridgehead atoms. The number of hydrogen-bond acceptors (Lipinski definition) is 1. The van der Waals surface area contributed by atoms with E-state index in [0.29, 0.717) is 5.92 Å². The lowest BCUT2D eigenvalue weighted by atomic mass is 9.64. The molecule has 1 aliphatic rings. The minimum atomic E-state index is -0.689. The first-order valence-corrected chi connectivity index (χ1v) is 6.67. The molecule has 1 nitrogen and oxygen atoms in total. The molecule has 2 unspecified atom stereocenters. The normalized spacial score (nSPS) is 32.4. The topological polar surface area (TPSA) is 20.2 Å². The van der Waals surface area contributed by atoms with Crippen LogP contribution in [-0.4, -0.2) is 5.11 Å². The summed E-state index contributed by atoms with van der Waals surface area (Å²) in [6.45, 7) is 6.70. The van der Waals surface area contributed by atoms with E-state index in [0.717, 1.165) is 23.4 Å². The van der Waals surface area contributed by atoms with Gasteiger partial charge in [0.15, 0.2) is 0 Å². The molecule has 0 radical (unpaired) electrons. The lowest BCUT2D eigenvalue weighted by Gasteiger charge is -2.45. The van der Waals surface area contributed by atoms with Crippen molar-refractivity contribution in [1.82, 2.24) is 0 Å². The summed E-state index contributed by atoms with van der Waals surface area (Å²) in [6.07, 6.45) is 2.85. The molecule has 1 N–H and O–H groups in total. The van der Waals surface area contributed by atoms with Crippen LogP contribution in [-0.2, 0) is 5.60 Å². The minimum Gasteiger partial charge on any atom is -0.385 e. The van der Waals surface area contributed by atoms with Crippen molar-refractivity contribution in [3.8, 4) is 0 Å². The van der Waals surface area contributed by atoms with Gasteiger partial charge >= 0.3 is 0 Å². The quantitative estimate of drug-likeness (QED) is 0.787. The van der Waals surface area contributed by atoms with Crippen LogP contribution in [0.5, 0.6) is 0 Å². The van der Waals surface area contributed by atoms with Gasteiger partial charge in [-0.2, -0.15) is 0 Å². The van der Waals surface area contributed by atoms with Gasteiger partial charge in [0.25, 0.3) is 0 Å². The fourth-order valence-electron chi connectivity index (χ4n) is 3.51. The van der Waals surface area contributed by atoms with E-state index in [1.807, 2.05) is 24.3 Å². The number of aliphatic hydroxyl groups is 1. The zero-order valence-electron chi connectivity index (χ0n) is 10.8. The highest BCUT2D eigenvalue weighted by Gasteiger charge is 2.42. The van der Waals surface area contributed by atoms with Crippen molar-refractivity contribution in [3.05, 3.63) is 34.9 Å². The SMILES string of the molecule is CC1CC(C)(C)CC(O)(c2ccc(Cl)cc2)C1. The highest BCUT2D eigenvalue weighted by Crippen LogP contribution is 2.48. The third-order valence-electron chi connectivity index (χ3n) is 3.74. The van der Waals surface area contributed by atoms with E-state index in [1.165, 1.54) is 6.42 Å². The summed E-state index contributed by atoms with van der Waals surface area (Å²) in [4.78, 5) is 0. The van der Waals surface area contributed by atoms with Crippen molar-refractivity contribution in [2.75, 3.05) is 0 Å². The molecule has 1 aliphatic carbocycles. The maximum absolute atomic E-state index is 10.9. The molecular formula is C15H21ClO. The summed E-state index contributed by atoms with van der Waals surface area (Å²) in [5, 5.41) is 11.6. The molecule has 0 aliphatic heterocycles. The summed E-state index contributed by atoms with van der Waals surface area (Å²) < 4.78 is 0. The van der Waals surface area contributed by atoms with Crippen LogP contribution in [0.15, 0.2) is 24.3 Å². The van der Waals surface area contributed by atoms with E-state index in [9.17, 15) is 5.11 Å². The minimum absolute atomic E-state index is 0.200. The van der Waals surface area contributed by atoms with Gasteiger partial charge < -0.3 is 5.11 Å². The lowest BCUT2D eigenvalue weighted by Crippen LogP contribution is -2.39. The van der Waals surface area contributed by atoms with E-state index in [4.69, 9.17) is 11.6 Å². The number of halogens is 1. The number of rotatable bonds is 1. The molecule has 0 spiro atoms. The summed E-state index contributed by atoms with van der Waals surface area (Å²) in [5.41, 5.74) is 0.513. The summed E-state index contributed by atoms with van der Waals surface area (Å²) in [6, 6.07) is 7.63. The third kappa shape index (κ3) is 2.83. The van der Waals surface area contributed by atoms with Crippen molar-refractivity contribution in [2.45, 2.75) is 45.6 Å². The van der Waals surface area contributed by atoms with Crippen molar-refractivity contribution in [2.24, 2.45) is 11.3 Å². The largest absolute Gasteiger partial charge is 0.385 e. The van der Waals surface area contributed by atoms with Crippen molar-refractivity contribution >= 4 is 11.6 Å².